The lowest BCUT2D eigenvalue weighted by molar-refractivity contribution is 0.432. The Morgan fingerprint density at radius 1 is 1.00 bits per heavy atom. The number of hydrogen-bond donors (Lipinski definition) is 1. The van der Waals surface area contributed by atoms with Crippen molar-refractivity contribution >= 4 is 21.8 Å². The summed E-state index contributed by atoms with van der Waals surface area (Å²) in [6.45, 7) is 0. The lowest BCUT2D eigenvalue weighted by Crippen LogP contribution is -1.89. The van der Waals surface area contributed by atoms with Gasteiger partial charge in [0.1, 0.15) is 0 Å². The van der Waals surface area contributed by atoms with Gasteiger partial charge in [0, 0.05) is 35.3 Å². The molecular formula is C18H13N5O. The van der Waals surface area contributed by atoms with E-state index >= 15 is 0 Å². The molecule has 0 saturated carbocycles. The number of nitrogens with one attached hydrogen (secondary N) is 1. The molecule has 0 atom stereocenters. The van der Waals surface area contributed by atoms with Crippen molar-refractivity contribution in [2.24, 2.45) is 7.05 Å². The van der Waals surface area contributed by atoms with Gasteiger partial charge in [0.15, 0.2) is 0 Å². The predicted octanol–water partition coefficient (Wildman–Crippen LogP) is 3.77. The second-order valence-electron chi connectivity index (χ2n) is 5.74. The summed E-state index contributed by atoms with van der Waals surface area (Å²) in [4.78, 5) is 7.73. The second-order valence-corrected chi connectivity index (χ2v) is 5.74. The fourth-order valence-corrected chi connectivity index (χ4v) is 2.92. The van der Waals surface area contributed by atoms with Gasteiger partial charge in [-0.3, -0.25) is 4.68 Å². The summed E-state index contributed by atoms with van der Waals surface area (Å²) in [6.07, 6.45) is 3.75. The molecule has 2 aromatic carbocycles. The molecule has 0 aliphatic carbocycles. The van der Waals surface area contributed by atoms with Crippen molar-refractivity contribution in [3.8, 4) is 22.8 Å². The monoisotopic (exact) mass is 315 g/mol. The molecule has 0 fully saturated rings. The van der Waals surface area contributed by atoms with Crippen LogP contribution in [0.2, 0.25) is 0 Å². The van der Waals surface area contributed by atoms with Crippen molar-refractivity contribution in [2.75, 3.05) is 0 Å². The van der Waals surface area contributed by atoms with E-state index in [1.54, 1.807) is 0 Å². The fourth-order valence-electron chi connectivity index (χ4n) is 2.92. The average molecular weight is 315 g/mol. The highest BCUT2D eigenvalue weighted by Crippen LogP contribution is 2.26. The van der Waals surface area contributed by atoms with Crippen molar-refractivity contribution < 1.29 is 4.52 Å². The van der Waals surface area contributed by atoms with E-state index in [2.05, 4.69) is 20.2 Å². The molecular weight excluding hydrogens is 302 g/mol. The summed E-state index contributed by atoms with van der Waals surface area (Å²) in [5, 5.41) is 10.6. The first-order valence-corrected chi connectivity index (χ1v) is 7.61. The third-order valence-corrected chi connectivity index (χ3v) is 4.24. The first-order valence-electron chi connectivity index (χ1n) is 7.61. The molecule has 0 radical (unpaired) electrons. The van der Waals surface area contributed by atoms with Crippen molar-refractivity contribution in [1.82, 2.24) is 24.9 Å². The Labute approximate surface area is 136 Å². The van der Waals surface area contributed by atoms with Crippen LogP contribution in [-0.2, 0) is 7.05 Å². The molecule has 0 unspecified atom stereocenters. The van der Waals surface area contributed by atoms with Crippen molar-refractivity contribution in [1.29, 1.82) is 0 Å². The maximum atomic E-state index is 5.46. The van der Waals surface area contributed by atoms with Gasteiger partial charge in [-0.1, -0.05) is 23.4 Å². The number of hydrogen-bond acceptors (Lipinski definition) is 4. The first-order chi connectivity index (χ1) is 11.8. The zero-order valence-electron chi connectivity index (χ0n) is 12.9. The summed E-state index contributed by atoms with van der Waals surface area (Å²) in [5.41, 5.74) is 3.88. The molecule has 3 aromatic heterocycles. The summed E-state index contributed by atoms with van der Waals surface area (Å²) >= 11 is 0. The Balaban J connectivity index is 1.58. The Kier molecular flexibility index (Phi) is 2.61. The van der Waals surface area contributed by atoms with Crippen LogP contribution in [0, 0.1) is 0 Å². The maximum absolute atomic E-state index is 5.46. The van der Waals surface area contributed by atoms with Crippen LogP contribution in [0.4, 0.5) is 0 Å². The quantitative estimate of drug-likeness (QED) is 0.538. The number of rotatable bonds is 2. The minimum atomic E-state index is 0.506. The van der Waals surface area contributed by atoms with Gasteiger partial charge < -0.3 is 9.51 Å². The summed E-state index contributed by atoms with van der Waals surface area (Å²) < 4.78 is 7.29. The van der Waals surface area contributed by atoms with Crippen LogP contribution >= 0.6 is 0 Å². The molecule has 0 bridgehead atoms. The Morgan fingerprint density at radius 3 is 2.83 bits per heavy atom. The minimum absolute atomic E-state index is 0.506. The minimum Gasteiger partial charge on any atom is -0.361 e. The second kappa shape index (κ2) is 4.79. The smallest absolute Gasteiger partial charge is 0.258 e. The molecule has 6 heteroatoms. The molecule has 1 N–H and O–H groups in total. The Hall–Kier alpha value is -3.41. The highest BCUT2D eigenvalue weighted by molar-refractivity contribution is 5.84. The van der Waals surface area contributed by atoms with Crippen LogP contribution in [0.15, 0.2) is 59.4 Å². The SMILES string of the molecule is Cn1ncc2ccc(-c3noc(-c4ccc5cc[nH]c5c4)n3)cc21. The van der Waals surface area contributed by atoms with Gasteiger partial charge in [0.2, 0.25) is 5.82 Å². The van der Waals surface area contributed by atoms with Crippen LogP contribution in [0.5, 0.6) is 0 Å². The van der Waals surface area contributed by atoms with Crippen molar-refractivity contribution in [3.05, 3.63) is 54.9 Å². The van der Waals surface area contributed by atoms with E-state index in [1.165, 1.54) is 0 Å². The van der Waals surface area contributed by atoms with Crippen molar-refractivity contribution in [2.45, 2.75) is 0 Å². The third-order valence-electron chi connectivity index (χ3n) is 4.24. The average Bonchev–Trinajstić information content (AvgIpc) is 3.33. The molecule has 0 spiro atoms. The number of fused-ring (bicyclic) bond motifs is 2. The molecule has 0 saturated heterocycles. The van der Waals surface area contributed by atoms with E-state index in [-0.39, 0.29) is 0 Å². The highest BCUT2D eigenvalue weighted by Gasteiger charge is 2.12. The predicted molar refractivity (Wildman–Crippen MR) is 91.3 cm³/mol. The lowest BCUT2D eigenvalue weighted by Gasteiger charge is -1.97. The largest absolute Gasteiger partial charge is 0.361 e. The number of aromatic nitrogens is 5. The van der Waals surface area contributed by atoms with Gasteiger partial charge >= 0.3 is 0 Å². The van der Waals surface area contributed by atoms with Gasteiger partial charge in [0.05, 0.1) is 11.7 Å². The van der Waals surface area contributed by atoms with E-state index in [1.807, 2.05) is 66.6 Å². The topological polar surface area (TPSA) is 72.5 Å². The van der Waals surface area contributed by atoms with Crippen LogP contribution in [0.3, 0.4) is 0 Å². The van der Waals surface area contributed by atoms with Gasteiger partial charge in [0.25, 0.3) is 5.89 Å². The molecule has 3 heterocycles. The summed E-state index contributed by atoms with van der Waals surface area (Å²) in [7, 11) is 1.92. The molecule has 116 valence electrons. The van der Waals surface area contributed by atoms with Gasteiger partial charge in [-0.2, -0.15) is 10.1 Å². The van der Waals surface area contributed by atoms with Gasteiger partial charge in [-0.25, -0.2) is 0 Å². The highest BCUT2D eigenvalue weighted by atomic mass is 16.5. The third kappa shape index (κ3) is 1.93. The van der Waals surface area contributed by atoms with E-state index in [9.17, 15) is 0 Å². The van der Waals surface area contributed by atoms with Crippen LogP contribution < -0.4 is 0 Å². The molecule has 24 heavy (non-hydrogen) atoms. The van der Waals surface area contributed by atoms with Crippen molar-refractivity contribution in [3.63, 3.8) is 0 Å². The molecule has 6 nitrogen and oxygen atoms in total. The fraction of sp³-hybridized carbons (Fsp3) is 0.0556. The zero-order chi connectivity index (χ0) is 16.1. The van der Waals surface area contributed by atoms with Gasteiger partial charge in [-0.15, -0.1) is 0 Å². The number of benzene rings is 2. The van der Waals surface area contributed by atoms with E-state index in [0.717, 1.165) is 32.9 Å². The standard InChI is InChI=1S/C18H13N5O/c1-23-16-9-12(3-5-14(16)10-20-23)17-21-18(24-22-17)13-4-2-11-6-7-19-15(11)8-13/h2-10,19H,1H3. The molecule has 5 rings (SSSR count). The molecule has 0 amide bonds. The first kappa shape index (κ1) is 13.1. The van der Waals surface area contributed by atoms with Crippen LogP contribution in [-0.4, -0.2) is 24.9 Å². The van der Waals surface area contributed by atoms with E-state index < -0.39 is 0 Å². The number of aryl methyl sites for hydroxylation is 1. The van der Waals surface area contributed by atoms with Crippen LogP contribution in [0.1, 0.15) is 0 Å². The normalized spacial score (nSPS) is 11.5. The number of H-pyrrole nitrogens is 1. The Morgan fingerprint density at radius 2 is 1.88 bits per heavy atom. The summed E-state index contributed by atoms with van der Waals surface area (Å²) in [6, 6.07) is 14.1. The van der Waals surface area contributed by atoms with E-state index in [0.29, 0.717) is 11.7 Å². The molecule has 0 aliphatic rings. The van der Waals surface area contributed by atoms with E-state index in [4.69, 9.17) is 4.52 Å². The number of aromatic amines is 1. The van der Waals surface area contributed by atoms with Gasteiger partial charge in [-0.05, 0) is 29.7 Å². The maximum Gasteiger partial charge on any atom is 0.258 e. The molecule has 0 aliphatic heterocycles. The Bertz CT molecular complexity index is 1180. The summed E-state index contributed by atoms with van der Waals surface area (Å²) in [5.74, 6) is 1.08. The number of nitrogens with zero attached hydrogens (tertiary/aromatic N) is 4. The zero-order valence-corrected chi connectivity index (χ0v) is 12.9. The lowest BCUT2D eigenvalue weighted by atomic mass is 10.1. The van der Waals surface area contributed by atoms with Crippen LogP contribution in [0.25, 0.3) is 44.6 Å². The molecule has 5 aromatic rings.